The number of pyridine rings is 1. The Morgan fingerprint density at radius 1 is 1.53 bits per heavy atom. The predicted octanol–water partition coefficient (Wildman–Crippen LogP) is 1.21. The van der Waals surface area contributed by atoms with Gasteiger partial charge in [0.15, 0.2) is 0 Å². The van der Waals surface area contributed by atoms with Crippen LogP contribution in [-0.2, 0) is 0 Å². The number of aliphatic hydroxyl groups is 2. The lowest BCUT2D eigenvalue weighted by molar-refractivity contribution is 0.0165. The van der Waals surface area contributed by atoms with Crippen LogP contribution in [0.4, 0.5) is 0 Å². The van der Waals surface area contributed by atoms with Gasteiger partial charge in [-0.25, -0.2) is 0 Å². The first-order valence-electron chi connectivity index (χ1n) is 4.36. The summed E-state index contributed by atoms with van der Waals surface area (Å²) in [4.78, 5) is 13.7. The normalized spacial score (nSPS) is 14.9. The quantitative estimate of drug-likeness (QED) is 0.731. The second-order valence-corrected chi connectivity index (χ2v) is 4.32. The van der Waals surface area contributed by atoms with Crippen LogP contribution < -0.4 is 5.56 Å². The molecule has 0 aliphatic rings. The zero-order chi connectivity index (χ0) is 11.4. The van der Waals surface area contributed by atoms with Gasteiger partial charge in [0.25, 0.3) is 5.56 Å². The van der Waals surface area contributed by atoms with E-state index >= 15 is 0 Å². The minimum absolute atomic E-state index is 0.0796. The number of aliphatic hydroxyl groups excluding tert-OH is 2. The van der Waals surface area contributed by atoms with E-state index in [0.29, 0.717) is 16.8 Å². The molecule has 4 nitrogen and oxygen atoms in total. The van der Waals surface area contributed by atoms with Crippen LogP contribution in [0.1, 0.15) is 18.1 Å². The molecule has 0 saturated heterocycles. The first-order valence-corrected chi connectivity index (χ1v) is 5.86. The van der Waals surface area contributed by atoms with Crippen molar-refractivity contribution in [3.63, 3.8) is 0 Å². The lowest BCUT2D eigenvalue weighted by atomic mass is 10.0. The van der Waals surface area contributed by atoms with Crippen molar-refractivity contribution >= 4 is 27.5 Å². The topological polar surface area (TPSA) is 73.3 Å². The van der Waals surface area contributed by atoms with Crippen LogP contribution >= 0.6 is 27.5 Å². The number of hydrogen-bond donors (Lipinski definition) is 3. The van der Waals surface area contributed by atoms with E-state index in [4.69, 9.17) is 11.6 Å². The van der Waals surface area contributed by atoms with E-state index in [1.807, 2.05) is 0 Å². The van der Waals surface area contributed by atoms with Crippen molar-refractivity contribution in [3.05, 3.63) is 33.2 Å². The zero-order valence-electron chi connectivity index (χ0n) is 7.78. The van der Waals surface area contributed by atoms with Gasteiger partial charge >= 0.3 is 0 Å². The zero-order valence-corrected chi connectivity index (χ0v) is 10.1. The van der Waals surface area contributed by atoms with Crippen molar-refractivity contribution in [1.82, 2.24) is 4.98 Å². The molecule has 0 aromatic carbocycles. The Kier molecular flexibility index (Phi) is 4.79. The average Bonchev–Trinajstić information content (AvgIpc) is 2.21. The third-order valence-electron chi connectivity index (χ3n) is 1.98. The average molecular weight is 297 g/mol. The summed E-state index contributed by atoms with van der Waals surface area (Å²) in [6.07, 6.45) is -0.515. The highest BCUT2D eigenvalue weighted by Crippen LogP contribution is 2.18. The Bertz CT molecular complexity index is 382. The van der Waals surface area contributed by atoms with Crippen LogP contribution in [0.25, 0.3) is 0 Å². The summed E-state index contributed by atoms with van der Waals surface area (Å²) in [6, 6.07) is 1.35. The number of rotatable bonds is 4. The van der Waals surface area contributed by atoms with Gasteiger partial charge in [-0.15, -0.1) is 0 Å². The standard InChI is InChI=1S/C9H11BrClNO3/c10-2-1-7(13)8(14)6-3-5(11)4-12-9(6)15/h3-4,7-8,13-14H,1-2H2,(H,12,15). The fourth-order valence-electron chi connectivity index (χ4n) is 1.17. The molecule has 2 unspecified atom stereocenters. The maximum Gasteiger partial charge on any atom is 0.253 e. The molecule has 6 heteroatoms. The van der Waals surface area contributed by atoms with E-state index in [9.17, 15) is 15.0 Å². The fraction of sp³-hybridized carbons (Fsp3) is 0.444. The number of H-pyrrole nitrogens is 1. The summed E-state index contributed by atoms with van der Waals surface area (Å²) < 4.78 is 0. The van der Waals surface area contributed by atoms with Gasteiger partial charge in [0, 0.05) is 17.1 Å². The van der Waals surface area contributed by atoms with Crippen molar-refractivity contribution in [2.24, 2.45) is 0 Å². The van der Waals surface area contributed by atoms with Crippen LogP contribution in [0.5, 0.6) is 0 Å². The number of alkyl halides is 1. The summed E-state index contributed by atoms with van der Waals surface area (Å²) in [6.45, 7) is 0. The largest absolute Gasteiger partial charge is 0.390 e. The van der Waals surface area contributed by atoms with E-state index in [-0.39, 0.29) is 5.56 Å². The van der Waals surface area contributed by atoms with Gasteiger partial charge in [0.2, 0.25) is 0 Å². The highest BCUT2D eigenvalue weighted by Gasteiger charge is 2.20. The molecular weight excluding hydrogens is 285 g/mol. The van der Waals surface area contributed by atoms with Crippen LogP contribution in [0.3, 0.4) is 0 Å². The van der Waals surface area contributed by atoms with Crippen molar-refractivity contribution in [3.8, 4) is 0 Å². The van der Waals surface area contributed by atoms with E-state index in [1.165, 1.54) is 12.3 Å². The van der Waals surface area contributed by atoms with Gasteiger partial charge in [-0.3, -0.25) is 4.79 Å². The van der Waals surface area contributed by atoms with Crippen molar-refractivity contribution < 1.29 is 10.2 Å². The lowest BCUT2D eigenvalue weighted by Gasteiger charge is -2.16. The Hall–Kier alpha value is -0.360. The highest BCUT2D eigenvalue weighted by atomic mass is 79.9. The van der Waals surface area contributed by atoms with Gasteiger partial charge < -0.3 is 15.2 Å². The molecule has 0 saturated carbocycles. The first kappa shape index (κ1) is 12.7. The van der Waals surface area contributed by atoms with Gasteiger partial charge in [-0.05, 0) is 12.5 Å². The smallest absolute Gasteiger partial charge is 0.253 e. The van der Waals surface area contributed by atoms with Gasteiger partial charge in [0.1, 0.15) is 6.10 Å². The Balaban J connectivity index is 2.94. The maximum atomic E-state index is 11.3. The number of hydrogen-bond acceptors (Lipinski definition) is 3. The van der Waals surface area contributed by atoms with Crippen molar-refractivity contribution in [1.29, 1.82) is 0 Å². The molecule has 0 fully saturated rings. The molecule has 0 aliphatic heterocycles. The van der Waals surface area contributed by atoms with Crippen molar-refractivity contribution in [2.45, 2.75) is 18.6 Å². The van der Waals surface area contributed by atoms with Crippen LogP contribution in [0, 0.1) is 0 Å². The molecule has 15 heavy (non-hydrogen) atoms. The molecular formula is C9H11BrClNO3. The lowest BCUT2D eigenvalue weighted by Crippen LogP contribution is -2.25. The number of halogens is 2. The first-order chi connectivity index (χ1) is 7.06. The molecule has 1 aromatic heterocycles. The minimum Gasteiger partial charge on any atom is -0.390 e. The fourth-order valence-corrected chi connectivity index (χ4v) is 1.81. The van der Waals surface area contributed by atoms with Gasteiger partial charge in [-0.1, -0.05) is 27.5 Å². The molecule has 0 amide bonds. The summed E-state index contributed by atoms with van der Waals surface area (Å²) in [7, 11) is 0. The molecule has 3 N–H and O–H groups in total. The summed E-state index contributed by atoms with van der Waals surface area (Å²) in [5, 5.41) is 20.0. The number of nitrogens with one attached hydrogen (secondary N) is 1. The molecule has 1 heterocycles. The molecule has 0 spiro atoms. The molecule has 1 rings (SSSR count). The minimum atomic E-state index is -1.22. The van der Waals surface area contributed by atoms with E-state index in [1.54, 1.807) is 0 Å². The number of aromatic amines is 1. The van der Waals surface area contributed by atoms with Gasteiger partial charge in [-0.2, -0.15) is 0 Å². The monoisotopic (exact) mass is 295 g/mol. The Labute approximate surface area is 100 Å². The summed E-state index contributed by atoms with van der Waals surface area (Å²) >= 11 is 8.81. The van der Waals surface area contributed by atoms with Crippen molar-refractivity contribution in [2.75, 3.05) is 5.33 Å². The molecule has 2 atom stereocenters. The Morgan fingerprint density at radius 2 is 2.20 bits per heavy atom. The molecule has 0 radical (unpaired) electrons. The van der Waals surface area contributed by atoms with Crippen LogP contribution in [0.15, 0.2) is 17.1 Å². The second kappa shape index (κ2) is 5.65. The van der Waals surface area contributed by atoms with Gasteiger partial charge in [0.05, 0.1) is 11.1 Å². The molecule has 1 aromatic rings. The van der Waals surface area contributed by atoms with E-state index < -0.39 is 17.8 Å². The number of aromatic nitrogens is 1. The maximum absolute atomic E-state index is 11.3. The molecule has 84 valence electrons. The highest BCUT2D eigenvalue weighted by molar-refractivity contribution is 9.09. The molecule has 0 bridgehead atoms. The predicted molar refractivity (Wildman–Crippen MR) is 61.5 cm³/mol. The van der Waals surface area contributed by atoms with E-state index in [0.717, 1.165) is 0 Å². The third-order valence-corrected chi connectivity index (χ3v) is 2.66. The van der Waals surface area contributed by atoms with E-state index in [2.05, 4.69) is 20.9 Å². The summed E-state index contributed by atoms with van der Waals surface area (Å²) in [5.41, 5.74) is -0.364. The van der Waals surface area contributed by atoms with Crippen LogP contribution in [-0.4, -0.2) is 26.6 Å². The second-order valence-electron chi connectivity index (χ2n) is 3.09. The SMILES string of the molecule is O=c1[nH]cc(Cl)cc1C(O)C(O)CCBr. The van der Waals surface area contributed by atoms with Crippen LogP contribution in [0.2, 0.25) is 5.02 Å². The molecule has 0 aliphatic carbocycles. The third kappa shape index (κ3) is 3.31. The summed E-state index contributed by atoms with van der Waals surface area (Å²) in [5.74, 6) is 0. The Morgan fingerprint density at radius 3 is 2.80 bits per heavy atom.